The van der Waals surface area contributed by atoms with Crippen molar-refractivity contribution in [2.24, 2.45) is 12.5 Å². The van der Waals surface area contributed by atoms with Crippen molar-refractivity contribution in [1.82, 2.24) is 20.0 Å². The van der Waals surface area contributed by atoms with Crippen molar-refractivity contribution in [2.75, 3.05) is 13.1 Å². The van der Waals surface area contributed by atoms with Gasteiger partial charge in [0.1, 0.15) is 5.60 Å². The van der Waals surface area contributed by atoms with Crippen LogP contribution in [-0.4, -0.2) is 45.4 Å². The highest BCUT2D eigenvalue weighted by atomic mass is 16.6. The number of nitrogens with one attached hydrogen (secondary N) is 1. The molecule has 2 heterocycles. The van der Waals surface area contributed by atoms with Gasteiger partial charge in [0.2, 0.25) is 5.91 Å². The van der Waals surface area contributed by atoms with Gasteiger partial charge in [0.15, 0.2) is 0 Å². The van der Waals surface area contributed by atoms with Gasteiger partial charge >= 0.3 is 6.09 Å². The molecule has 0 aromatic carbocycles. The zero-order valence-corrected chi connectivity index (χ0v) is 15.4. The predicted molar refractivity (Wildman–Crippen MR) is 90.3 cm³/mol. The third-order valence-corrected chi connectivity index (χ3v) is 4.00. The van der Waals surface area contributed by atoms with Gasteiger partial charge in [-0.05, 0) is 20.8 Å². The number of aryl methyl sites for hydroxylation is 1. The third kappa shape index (κ3) is 4.27. The number of hydrogen-bond acceptors (Lipinski definition) is 4. The highest BCUT2D eigenvalue weighted by molar-refractivity contribution is 5.79. The summed E-state index contributed by atoms with van der Waals surface area (Å²) in [6.07, 6.45) is 3.52. The molecule has 1 aromatic heterocycles. The van der Waals surface area contributed by atoms with Gasteiger partial charge in [-0.1, -0.05) is 13.8 Å². The van der Waals surface area contributed by atoms with E-state index in [-0.39, 0.29) is 30.3 Å². The van der Waals surface area contributed by atoms with Crippen molar-refractivity contribution in [3.8, 4) is 0 Å². The Balaban J connectivity index is 1.87. The number of likely N-dealkylation sites (tertiary alicyclic amines) is 1. The number of nitrogens with zero attached hydrogens (tertiary/aromatic N) is 3. The molecular weight excluding hydrogens is 308 g/mol. The number of carbonyl (C=O) groups is 2. The predicted octanol–water partition coefficient (Wildman–Crippen LogP) is 2.24. The molecule has 0 saturated carbocycles. The minimum Gasteiger partial charge on any atom is -0.444 e. The minimum atomic E-state index is -0.541. The molecule has 7 heteroatoms. The molecule has 1 saturated heterocycles. The largest absolute Gasteiger partial charge is 0.444 e. The minimum absolute atomic E-state index is 0.0251. The Morgan fingerprint density at radius 1 is 1.42 bits per heavy atom. The van der Waals surface area contributed by atoms with Crippen LogP contribution in [0.15, 0.2) is 12.4 Å². The number of ether oxygens (including phenoxy) is 1. The van der Waals surface area contributed by atoms with Crippen LogP contribution in [0, 0.1) is 5.41 Å². The molecule has 7 nitrogen and oxygen atoms in total. The molecule has 134 valence electrons. The van der Waals surface area contributed by atoms with Crippen molar-refractivity contribution < 1.29 is 14.3 Å². The zero-order chi connectivity index (χ0) is 18.1. The van der Waals surface area contributed by atoms with E-state index >= 15 is 0 Å². The van der Waals surface area contributed by atoms with E-state index in [0.717, 1.165) is 5.56 Å². The van der Waals surface area contributed by atoms with Crippen LogP contribution in [0.25, 0.3) is 0 Å². The maximum Gasteiger partial charge on any atom is 0.407 e. The first-order valence-electron chi connectivity index (χ1n) is 8.24. The van der Waals surface area contributed by atoms with Crippen molar-refractivity contribution >= 4 is 12.0 Å². The Bertz CT molecular complexity index is 616. The first-order valence-corrected chi connectivity index (χ1v) is 8.24. The maximum atomic E-state index is 12.5. The fourth-order valence-electron chi connectivity index (χ4n) is 3.10. The average Bonchev–Trinajstić information content (AvgIpc) is 2.79. The lowest BCUT2D eigenvalue weighted by Gasteiger charge is -2.54. The van der Waals surface area contributed by atoms with E-state index in [1.807, 2.05) is 24.3 Å². The van der Waals surface area contributed by atoms with E-state index in [1.165, 1.54) is 0 Å². The van der Waals surface area contributed by atoms with Gasteiger partial charge < -0.3 is 15.0 Å². The first-order chi connectivity index (χ1) is 11.0. The summed E-state index contributed by atoms with van der Waals surface area (Å²) in [5, 5.41) is 6.83. The second-order valence-electron chi connectivity index (χ2n) is 8.04. The molecule has 2 rings (SSSR count). The molecule has 1 aliphatic rings. The number of hydrogen-bond donors (Lipinski definition) is 1. The van der Waals surface area contributed by atoms with Crippen LogP contribution < -0.4 is 5.32 Å². The Morgan fingerprint density at radius 2 is 2.08 bits per heavy atom. The Hall–Kier alpha value is -2.05. The van der Waals surface area contributed by atoms with Crippen molar-refractivity contribution in [3.05, 3.63) is 18.0 Å². The molecule has 1 atom stereocenters. The summed E-state index contributed by atoms with van der Waals surface area (Å²) in [7, 11) is 1.87. The summed E-state index contributed by atoms with van der Waals surface area (Å²) >= 11 is 0. The van der Waals surface area contributed by atoms with Gasteiger partial charge in [-0.2, -0.15) is 5.10 Å². The summed E-state index contributed by atoms with van der Waals surface area (Å²) in [6.45, 7) is 10.7. The SMILES string of the molecule is Cn1cc(C2N(C(=O)CCNC(=O)OC(C)(C)C)CC2(C)C)cn1. The van der Waals surface area contributed by atoms with E-state index in [2.05, 4.69) is 24.3 Å². The van der Waals surface area contributed by atoms with E-state index in [1.54, 1.807) is 25.5 Å². The van der Waals surface area contributed by atoms with E-state index in [0.29, 0.717) is 6.54 Å². The second-order valence-corrected chi connectivity index (χ2v) is 8.04. The summed E-state index contributed by atoms with van der Waals surface area (Å²) in [5.41, 5.74) is 0.528. The summed E-state index contributed by atoms with van der Waals surface area (Å²) in [5.74, 6) is 0.0271. The second kappa shape index (κ2) is 6.45. The van der Waals surface area contributed by atoms with Crippen molar-refractivity contribution in [1.29, 1.82) is 0 Å². The van der Waals surface area contributed by atoms with Crippen LogP contribution in [0.4, 0.5) is 4.79 Å². The Morgan fingerprint density at radius 3 is 2.58 bits per heavy atom. The van der Waals surface area contributed by atoms with Crippen molar-refractivity contribution in [3.63, 3.8) is 0 Å². The highest BCUT2D eigenvalue weighted by Crippen LogP contribution is 2.48. The van der Waals surface area contributed by atoms with Crippen LogP contribution in [0.5, 0.6) is 0 Å². The molecule has 2 amide bonds. The van der Waals surface area contributed by atoms with Crippen LogP contribution in [0.1, 0.15) is 52.6 Å². The van der Waals surface area contributed by atoms with E-state index < -0.39 is 11.7 Å². The topological polar surface area (TPSA) is 76.5 Å². The van der Waals surface area contributed by atoms with Gasteiger partial charge in [-0.3, -0.25) is 9.48 Å². The maximum absolute atomic E-state index is 12.5. The van der Waals surface area contributed by atoms with Gasteiger partial charge in [-0.25, -0.2) is 4.79 Å². The van der Waals surface area contributed by atoms with Crippen molar-refractivity contribution in [2.45, 2.75) is 52.7 Å². The van der Waals surface area contributed by atoms with Gasteiger partial charge in [0.05, 0.1) is 12.2 Å². The summed E-state index contributed by atoms with van der Waals surface area (Å²) in [4.78, 5) is 25.9. The third-order valence-electron chi connectivity index (χ3n) is 4.00. The molecule has 1 unspecified atom stereocenters. The molecular formula is C17H28N4O3. The zero-order valence-electron chi connectivity index (χ0n) is 15.4. The molecule has 0 spiro atoms. The fraction of sp³-hybridized carbons (Fsp3) is 0.706. The monoisotopic (exact) mass is 336 g/mol. The Labute approximate surface area is 143 Å². The molecule has 1 aliphatic heterocycles. The van der Waals surface area contributed by atoms with Gasteiger partial charge in [-0.15, -0.1) is 0 Å². The normalized spacial score (nSPS) is 19.6. The van der Waals surface area contributed by atoms with Crippen LogP contribution in [0.3, 0.4) is 0 Å². The fourth-order valence-corrected chi connectivity index (χ4v) is 3.10. The number of alkyl carbamates (subject to hydrolysis) is 1. The molecule has 0 radical (unpaired) electrons. The van der Waals surface area contributed by atoms with Crippen LogP contribution in [-0.2, 0) is 16.6 Å². The number of aromatic nitrogens is 2. The number of rotatable bonds is 4. The molecule has 1 aromatic rings. The highest BCUT2D eigenvalue weighted by Gasteiger charge is 2.48. The average molecular weight is 336 g/mol. The van der Waals surface area contributed by atoms with E-state index in [9.17, 15) is 9.59 Å². The number of amides is 2. The molecule has 24 heavy (non-hydrogen) atoms. The molecule has 1 N–H and O–H groups in total. The van der Waals surface area contributed by atoms with Gasteiger partial charge in [0, 0.05) is 43.7 Å². The lowest BCUT2D eigenvalue weighted by atomic mass is 9.72. The quantitative estimate of drug-likeness (QED) is 0.915. The number of carbonyl (C=O) groups excluding carboxylic acids is 2. The molecule has 0 bridgehead atoms. The Kier molecular flexibility index (Phi) is 4.92. The lowest BCUT2D eigenvalue weighted by molar-refractivity contribution is -0.152. The summed E-state index contributed by atoms with van der Waals surface area (Å²) < 4.78 is 6.91. The molecule has 0 aliphatic carbocycles. The lowest BCUT2D eigenvalue weighted by Crippen LogP contribution is -2.58. The van der Waals surface area contributed by atoms with E-state index in [4.69, 9.17) is 4.74 Å². The standard InChI is InChI=1S/C17H28N4O3/c1-16(2,3)24-15(23)18-8-7-13(22)21-11-17(4,5)14(21)12-9-19-20(6)10-12/h9-10,14H,7-8,11H2,1-6H3,(H,18,23). The summed E-state index contributed by atoms with van der Waals surface area (Å²) in [6, 6.07) is 0.0280. The first kappa shape index (κ1) is 18.3. The van der Waals surface area contributed by atoms with Crippen LogP contribution >= 0.6 is 0 Å². The molecule has 1 fully saturated rings. The smallest absolute Gasteiger partial charge is 0.407 e. The van der Waals surface area contributed by atoms with Crippen LogP contribution in [0.2, 0.25) is 0 Å². The van der Waals surface area contributed by atoms with Gasteiger partial charge in [0.25, 0.3) is 0 Å².